The Hall–Kier alpha value is -1.22. The fourth-order valence-electron chi connectivity index (χ4n) is 3.37. The smallest absolute Gasteiger partial charge is 0.270 e. The third kappa shape index (κ3) is 2.83. The highest BCUT2D eigenvalue weighted by molar-refractivity contribution is 7.89. The van der Waals surface area contributed by atoms with Gasteiger partial charge in [-0.05, 0) is 30.7 Å². The molecule has 7 nitrogen and oxygen atoms in total. The minimum atomic E-state index is -3.69. The minimum Gasteiger partial charge on any atom is -0.327 e. The van der Waals surface area contributed by atoms with Gasteiger partial charge >= 0.3 is 0 Å². The van der Waals surface area contributed by atoms with Gasteiger partial charge in [0, 0.05) is 31.3 Å². The van der Waals surface area contributed by atoms with Crippen molar-refractivity contribution in [1.82, 2.24) is 4.31 Å². The predicted octanol–water partition coefficient (Wildman–Crippen LogP) is 1.37. The zero-order chi connectivity index (χ0) is 15.2. The first-order chi connectivity index (χ1) is 9.89. The first-order valence-electron chi connectivity index (χ1n) is 6.90. The molecule has 3 rings (SSSR count). The number of sulfonamides is 1. The Kier molecular flexibility index (Phi) is 4.76. The van der Waals surface area contributed by atoms with E-state index in [0.29, 0.717) is 19.0 Å². The zero-order valence-corrected chi connectivity index (χ0v) is 13.4. The lowest BCUT2D eigenvalue weighted by Gasteiger charge is -2.18. The summed E-state index contributed by atoms with van der Waals surface area (Å²) in [4.78, 5) is 10.2. The van der Waals surface area contributed by atoms with Crippen molar-refractivity contribution in [3.63, 3.8) is 0 Å². The molecule has 22 heavy (non-hydrogen) atoms. The van der Waals surface area contributed by atoms with Crippen molar-refractivity contribution >= 4 is 28.1 Å². The predicted molar refractivity (Wildman–Crippen MR) is 83.3 cm³/mol. The van der Waals surface area contributed by atoms with Crippen molar-refractivity contribution in [1.29, 1.82) is 0 Å². The van der Waals surface area contributed by atoms with Crippen LogP contribution in [-0.2, 0) is 10.0 Å². The Morgan fingerprint density at radius 2 is 2.00 bits per heavy atom. The van der Waals surface area contributed by atoms with E-state index in [1.54, 1.807) is 0 Å². The van der Waals surface area contributed by atoms with Gasteiger partial charge in [0.1, 0.15) is 0 Å². The van der Waals surface area contributed by atoms with Crippen LogP contribution in [0.15, 0.2) is 29.2 Å². The van der Waals surface area contributed by atoms with E-state index in [2.05, 4.69) is 0 Å². The van der Waals surface area contributed by atoms with Crippen molar-refractivity contribution in [2.24, 2.45) is 17.6 Å². The molecule has 1 aromatic rings. The van der Waals surface area contributed by atoms with Gasteiger partial charge < -0.3 is 5.73 Å². The summed E-state index contributed by atoms with van der Waals surface area (Å²) < 4.78 is 26.6. The molecule has 1 aliphatic heterocycles. The maximum atomic E-state index is 12.6. The van der Waals surface area contributed by atoms with Crippen molar-refractivity contribution in [2.75, 3.05) is 13.1 Å². The molecule has 1 saturated carbocycles. The van der Waals surface area contributed by atoms with Crippen LogP contribution in [0.2, 0.25) is 0 Å². The molecule has 1 heterocycles. The molecule has 0 amide bonds. The van der Waals surface area contributed by atoms with E-state index in [1.807, 2.05) is 0 Å². The maximum absolute atomic E-state index is 12.6. The standard InChI is InChI=1S/C13H17N3O4S.ClH/c14-13-5-4-9-7-15(8-12(9)13)21(19,20)11-3-1-2-10(6-11)16(17)18;/h1-3,6,9,12-13H,4-5,7-8,14H2;1H. The largest absolute Gasteiger partial charge is 0.327 e. The van der Waals surface area contributed by atoms with E-state index >= 15 is 0 Å². The summed E-state index contributed by atoms with van der Waals surface area (Å²) in [7, 11) is -3.69. The summed E-state index contributed by atoms with van der Waals surface area (Å²) in [5.74, 6) is 0.520. The maximum Gasteiger partial charge on any atom is 0.270 e. The Morgan fingerprint density at radius 1 is 1.27 bits per heavy atom. The number of halogens is 1. The molecule has 1 aromatic carbocycles. The second-order valence-corrected chi connectivity index (χ2v) is 7.68. The zero-order valence-electron chi connectivity index (χ0n) is 11.8. The van der Waals surface area contributed by atoms with Crippen molar-refractivity contribution < 1.29 is 13.3 Å². The van der Waals surface area contributed by atoms with Gasteiger partial charge in [-0.25, -0.2) is 8.42 Å². The quantitative estimate of drug-likeness (QED) is 0.656. The molecule has 2 aliphatic rings. The third-order valence-corrected chi connectivity index (χ3v) is 6.37. The average molecular weight is 348 g/mol. The van der Waals surface area contributed by atoms with Gasteiger partial charge in [-0.1, -0.05) is 6.07 Å². The average Bonchev–Trinajstić information content (AvgIpc) is 3.02. The summed E-state index contributed by atoms with van der Waals surface area (Å²) in [6, 6.07) is 5.25. The topological polar surface area (TPSA) is 107 Å². The number of non-ortho nitro benzene ring substituents is 1. The highest BCUT2D eigenvalue weighted by Crippen LogP contribution is 2.39. The molecule has 3 unspecified atom stereocenters. The van der Waals surface area contributed by atoms with Gasteiger partial charge in [-0.2, -0.15) is 4.31 Å². The van der Waals surface area contributed by atoms with E-state index in [0.717, 1.165) is 18.9 Å². The Morgan fingerprint density at radius 3 is 2.64 bits per heavy atom. The molecule has 0 radical (unpaired) electrons. The SMILES string of the molecule is Cl.NC1CCC2CN(S(=O)(=O)c3cccc([N+](=O)[O-])c3)CC12. The number of hydrogen-bond donors (Lipinski definition) is 1. The first-order valence-corrected chi connectivity index (χ1v) is 8.34. The monoisotopic (exact) mass is 347 g/mol. The fourth-order valence-corrected chi connectivity index (χ4v) is 4.94. The van der Waals surface area contributed by atoms with Crippen LogP contribution >= 0.6 is 12.4 Å². The number of nitrogens with two attached hydrogens (primary N) is 1. The van der Waals surface area contributed by atoms with Crippen molar-refractivity contribution in [2.45, 2.75) is 23.8 Å². The Balaban J connectivity index is 0.00000176. The number of hydrogen-bond acceptors (Lipinski definition) is 5. The number of fused-ring (bicyclic) bond motifs is 1. The summed E-state index contributed by atoms with van der Waals surface area (Å²) in [5, 5.41) is 10.8. The molecule has 122 valence electrons. The lowest BCUT2D eigenvalue weighted by molar-refractivity contribution is -0.385. The molecular weight excluding hydrogens is 330 g/mol. The molecule has 1 aliphatic carbocycles. The summed E-state index contributed by atoms with van der Waals surface area (Å²) in [6.07, 6.45) is 1.90. The Bertz CT molecular complexity index is 682. The van der Waals surface area contributed by atoms with Crippen molar-refractivity contribution in [3.8, 4) is 0 Å². The van der Waals surface area contributed by atoms with Crippen LogP contribution < -0.4 is 5.73 Å². The molecular formula is C13H18ClN3O4S. The van der Waals surface area contributed by atoms with Crippen LogP contribution in [0.1, 0.15) is 12.8 Å². The van der Waals surface area contributed by atoms with Gasteiger partial charge in [0.15, 0.2) is 0 Å². The highest BCUT2D eigenvalue weighted by atomic mass is 35.5. The van der Waals surface area contributed by atoms with E-state index in [-0.39, 0.29) is 34.9 Å². The van der Waals surface area contributed by atoms with Crippen LogP contribution in [0.4, 0.5) is 5.69 Å². The van der Waals surface area contributed by atoms with Gasteiger partial charge in [-0.3, -0.25) is 10.1 Å². The molecule has 2 N–H and O–H groups in total. The molecule has 0 bridgehead atoms. The number of rotatable bonds is 3. The Labute approximate surface area is 135 Å². The van der Waals surface area contributed by atoms with Crippen molar-refractivity contribution in [3.05, 3.63) is 34.4 Å². The summed E-state index contributed by atoms with van der Waals surface area (Å²) >= 11 is 0. The van der Waals surface area contributed by atoms with E-state index in [1.165, 1.54) is 22.5 Å². The van der Waals surface area contributed by atoms with Gasteiger partial charge in [0.2, 0.25) is 10.0 Å². The molecule has 0 spiro atoms. The normalized spacial score (nSPS) is 28.1. The summed E-state index contributed by atoms with van der Waals surface area (Å²) in [5.41, 5.74) is 5.80. The molecule has 9 heteroatoms. The number of benzene rings is 1. The second-order valence-electron chi connectivity index (χ2n) is 5.74. The van der Waals surface area contributed by atoms with E-state index < -0.39 is 14.9 Å². The fraction of sp³-hybridized carbons (Fsp3) is 0.538. The van der Waals surface area contributed by atoms with Gasteiger partial charge in [0.05, 0.1) is 9.82 Å². The summed E-state index contributed by atoms with van der Waals surface area (Å²) in [6.45, 7) is 0.875. The van der Waals surface area contributed by atoms with E-state index in [4.69, 9.17) is 5.73 Å². The van der Waals surface area contributed by atoms with Crippen LogP contribution in [-0.4, -0.2) is 36.8 Å². The van der Waals surface area contributed by atoms with Crippen LogP contribution in [0.25, 0.3) is 0 Å². The molecule has 2 fully saturated rings. The van der Waals surface area contributed by atoms with Gasteiger partial charge in [0.25, 0.3) is 5.69 Å². The van der Waals surface area contributed by atoms with Gasteiger partial charge in [-0.15, -0.1) is 12.4 Å². The number of nitrogens with zero attached hydrogens (tertiary/aromatic N) is 2. The highest BCUT2D eigenvalue weighted by Gasteiger charge is 2.45. The molecule has 0 aromatic heterocycles. The number of nitro benzene ring substituents is 1. The lowest BCUT2D eigenvalue weighted by Crippen LogP contribution is -2.33. The van der Waals surface area contributed by atoms with Crippen LogP contribution in [0.5, 0.6) is 0 Å². The number of nitro groups is 1. The first kappa shape index (κ1) is 17.1. The van der Waals surface area contributed by atoms with Crippen LogP contribution in [0.3, 0.4) is 0 Å². The molecule has 3 atom stereocenters. The van der Waals surface area contributed by atoms with E-state index in [9.17, 15) is 18.5 Å². The van der Waals surface area contributed by atoms with Crippen LogP contribution in [0, 0.1) is 22.0 Å². The third-order valence-electron chi connectivity index (χ3n) is 4.55. The lowest BCUT2D eigenvalue weighted by atomic mass is 9.98. The second kappa shape index (κ2) is 6.11. The minimum absolute atomic E-state index is 0. The molecule has 1 saturated heterocycles.